The van der Waals surface area contributed by atoms with Crippen molar-refractivity contribution in [3.05, 3.63) is 64.7 Å². The standard InChI is InChI=1S/C22H26ClN3O4S/c1-25(2)22(28)19-14-18(8-9-20(19)23)24-21(27)17-10-12-26(13-11-17)31(29,30)15-16-6-4-3-5-7-16/h3-9,14,17H,10-13,15H2,1-2H3,(H,24,27). The number of hydrogen-bond donors (Lipinski definition) is 1. The maximum atomic E-state index is 12.7. The number of sulfonamides is 1. The van der Waals surface area contributed by atoms with Crippen LogP contribution >= 0.6 is 11.6 Å². The first-order chi connectivity index (χ1) is 14.7. The van der Waals surface area contributed by atoms with Crippen LogP contribution in [0.3, 0.4) is 0 Å². The maximum Gasteiger partial charge on any atom is 0.254 e. The molecule has 9 heteroatoms. The molecular formula is C22H26ClN3O4S. The number of hydrogen-bond acceptors (Lipinski definition) is 4. The molecule has 1 fully saturated rings. The summed E-state index contributed by atoms with van der Waals surface area (Å²) in [5, 5.41) is 3.14. The van der Waals surface area contributed by atoms with E-state index in [1.54, 1.807) is 44.4 Å². The van der Waals surface area contributed by atoms with Crippen LogP contribution in [0.2, 0.25) is 5.02 Å². The van der Waals surface area contributed by atoms with Crippen LogP contribution in [0, 0.1) is 5.92 Å². The van der Waals surface area contributed by atoms with Crippen molar-refractivity contribution in [3.8, 4) is 0 Å². The number of halogens is 1. The van der Waals surface area contributed by atoms with Gasteiger partial charge in [0.1, 0.15) is 0 Å². The third-order valence-corrected chi connectivity index (χ3v) is 7.46. The smallest absolute Gasteiger partial charge is 0.254 e. The van der Waals surface area contributed by atoms with Crippen molar-refractivity contribution in [1.29, 1.82) is 0 Å². The van der Waals surface area contributed by atoms with Gasteiger partial charge < -0.3 is 10.2 Å². The van der Waals surface area contributed by atoms with Gasteiger partial charge in [-0.15, -0.1) is 0 Å². The van der Waals surface area contributed by atoms with E-state index in [4.69, 9.17) is 11.6 Å². The minimum Gasteiger partial charge on any atom is -0.345 e. The van der Waals surface area contributed by atoms with Gasteiger partial charge >= 0.3 is 0 Å². The van der Waals surface area contributed by atoms with E-state index in [9.17, 15) is 18.0 Å². The van der Waals surface area contributed by atoms with Gasteiger partial charge in [0.2, 0.25) is 15.9 Å². The van der Waals surface area contributed by atoms with E-state index in [-0.39, 0.29) is 23.5 Å². The van der Waals surface area contributed by atoms with Crippen LogP contribution in [0.4, 0.5) is 5.69 Å². The second kappa shape index (κ2) is 9.80. The molecule has 0 saturated carbocycles. The molecule has 1 N–H and O–H groups in total. The number of nitrogens with zero attached hydrogens (tertiary/aromatic N) is 2. The summed E-state index contributed by atoms with van der Waals surface area (Å²) in [4.78, 5) is 26.4. The van der Waals surface area contributed by atoms with Gasteiger partial charge in [0.05, 0.1) is 16.3 Å². The number of piperidine rings is 1. The lowest BCUT2D eigenvalue weighted by Gasteiger charge is -2.30. The highest BCUT2D eigenvalue weighted by Crippen LogP contribution is 2.25. The molecule has 3 rings (SSSR count). The van der Waals surface area contributed by atoms with Gasteiger partial charge in [0, 0.05) is 38.8 Å². The average Bonchev–Trinajstić information content (AvgIpc) is 2.75. The Bertz CT molecular complexity index is 1050. The van der Waals surface area contributed by atoms with Gasteiger partial charge in [-0.25, -0.2) is 12.7 Å². The summed E-state index contributed by atoms with van der Waals surface area (Å²) in [6.45, 7) is 0.608. The summed E-state index contributed by atoms with van der Waals surface area (Å²) >= 11 is 6.11. The van der Waals surface area contributed by atoms with E-state index in [1.807, 2.05) is 18.2 Å². The molecule has 1 aliphatic heterocycles. The normalized spacial score (nSPS) is 15.5. The summed E-state index contributed by atoms with van der Waals surface area (Å²) < 4.78 is 26.8. The number of carbonyl (C=O) groups is 2. The fourth-order valence-corrected chi connectivity index (χ4v) is 5.29. The number of rotatable bonds is 6. The topological polar surface area (TPSA) is 86.8 Å². The van der Waals surface area contributed by atoms with Gasteiger partial charge in [-0.1, -0.05) is 41.9 Å². The van der Waals surface area contributed by atoms with E-state index < -0.39 is 10.0 Å². The Balaban J connectivity index is 1.59. The van der Waals surface area contributed by atoms with Crippen molar-refractivity contribution in [2.24, 2.45) is 5.92 Å². The van der Waals surface area contributed by atoms with Crippen LogP contribution in [-0.4, -0.2) is 56.6 Å². The molecule has 0 atom stereocenters. The third-order valence-electron chi connectivity index (χ3n) is 5.28. The fraction of sp³-hybridized carbons (Fsp3) is 0.364. The second-order valence-corrected chi connectivity index (χ2v) is 10.2. The Morgan fingerprint density at radius 3 is 2.35 bits per heavy atom. The van der Waals surface area contributed by atoms with Crippen molar-refractivity contribution in [2.75, 3.05) is 32.5 Å². The molecule has 166 valence electrons. The minimum atomic E-state index is -3.43. The second-order valence-electron chi connectivity index (χ2n) is 7.80. The molecule has 0 spiro atoms. The van der Waals surface area contributed by atoms with E-state index >= 15 is 0 Å². The van der Waals surface area contributed by atoms with Gasteiger partial charge in [-0.2, -0.15) is 0 Å². The summed E-state index contributed by atoms with van der Waals surface area (Å²) in [6, 6.07) is 13.8. The first-order valence-corrected chi connectivity index (χ1v) is 12.0. The molecule has 0 aromatic heterocycles. The molecule has 1 heterocycles. The first-order valence-electron chi connectivity index (χ1n) is 10.0. The largest absolute Gasteiger partial charge is 0.345 e. The lowest BCUT2D eigenvalue weighted by atomic mass is 9.97. The van der Waals surface area contributed by atoms with Gasteiger partial charge in [-0.3, -0.25) is 9.59 Å². The van der Waals surface area contributed by atoms with Crippen molar-refractivity contribution in [3.63, 3.8) is 0 Å². The first kappa shape index (κ1) is 23.2. The van der Waals surface area contributed by atoms with Crippen molar-refractivity contribution < 1.29 is 18.0 Å². The zero-order valence-corrected chi connectivity index (χ0v) is 19.1. The Kier molecular flexibility index (Phi) is 7.35. The number of anilines is 1. The monoisotopic (exact) mass is 463 g/mol. The number of benzene rings is 2. The number of amides is 2. The SMILES string of the molecule is CN(C)C(=O)c1cc(NC(=O)C2CCN(S(=O)(=O)Cc3ccccc3)CC2)ccc1Cl. The molecule has 2 aromatic carbocycles. The summed E-state index contributed by atoms with van der Waals surface area (Å²) in [6.07, 6.45) is 0.883. The quantitative estimate of drug-likeness (QED) is 0.712. The highest BCUT2D eigenvalue weighted by Gasteiger charge is 2.31. The molecule has 2 amide bonds. The molecule has 0 unspecified atom stereocenters. The Morgan fingerprint density at radius 1 is 1.10 bits per heavy atom. The van der Waals surface area contributed by atoms with Crippen LogP contribution in [-0.2, 0) is 20.6 Å². The Labute approximate surface area is 188 Å². The van der Waals surface area contributed by atoms with Crippen LogP contribution in [0.25, 0.3) is 0 Å². The average molecular weight is 464 g/mol. The summed E-state index contributed by atoms with van der Waals surface area (Å²) in [7, 11) is -0.171. The zero-order chi connectivity index (χ0) is 22.6. The Hall–Kier alpha value is -2.42. The van der Waals surface area contributed by atoms with Crippen LogP contribution < -0.4 is 5.32 Å². The minimum absolute atomic E-state index is 0.0435. The lowest BCUT2D eigenvalue weighted by Crippen LogP contribution is -2.41. The highest BCUT2D eigenvalue weighted by molar-refractivity contribution is 7.88. The van der Waals surface area contributed by atoms with E-state index in [1.165, 1.54) is 9.21 Å². The van der Waals surface area contributed by atoms with E-state index in [2.05, 4.69) is 5.32 Å². The Morgan fingerprint density at radius 2 is 1.74 bits per heavy atom. The predicted octanol–water partition coefficient (Wildman–Crippen LogP) is 3.22. The molecular weight excluding hydrogens is 438 g/mol. The van der Waals surface area contributed by atoms with Crippen molar-refractivity contribution in [2.45, 2.75) is 18.6 Å². The summed E-state index contributed by atoms with van der Waals surface area (Å²) in [5.41, 5.74) is 1.54. The fourth-order valence-electron chi connectivity index (χ4n) is 3.52. The van der Waals surface area contributed by atoms with Gasteiger partial charge in [0.15, 0.2) is 0 Å². The predicted molar refractivity (Wildman–Crippen MR) is 121 cm³/mol. The zero-order valence-electron chi connectivity index (χ0n) is 17.5. The van der Waals surface area contributed by atoms with E-state index in [0.29, 0.717) is 42.2 Å². The molecule has 7 nitrogen and oxygen atoms in total. The van der Waals surface area contributed by atoms with E-state index in [0.717, 1.165) is 5.56 Å². The van der Waals surface area contributed by atoms with Gasteiger partial charge in [-0.05, 0) is 36.6 Å². The molecule has 0 aliphatic carbocycles. The molecule has 0 bridgehead atoms. The van der Waals surface area contributed by atoms with Crippen LogP contribution in [0.5, 0.6) is 0 Å². The molecule has 0 radical (unpaired) electrons. The maximum absolute atomic E-state index is 12.7. The van der Waals surface area contributed by atoms with Gasteiger partial charge in [0.25, 0.3) is 5.91 Å². The number of carbonyl (C=O) groups excluding carboxylic acids is 2. The van der Waals surface area contributed by atoms with Crippen LogP contribution in [0.1, 0.15) is 28.8 Å². The molecule has 31 heavy (non-hydrogen) atoms. The van der Waals surface area contributed by atoms with Crippen molar-refractivity contribution >= 4 is 39.1 Å². The molecule has 1 aliphatic rings. The van der Waals surface area contributed by atoms with Crippen LogP contribution in [0.15, 0.2) is 48.5 Å². The third kappa shape index (κ3) is 5.84. The molecule has 1 saturated heterocycles. The summed E-state index contributed by atoms with van der Waals surface area (Å²) in [5.74, 6) is -0.784. The number of nitrogens with one attached hydrogen (secondary N) is 1. The van der Waals surface area contributed by atoms with Crippen molar-refractivity contribution in [1.82, 2.24) is 9.21 Å². The molecule has 2 aromatic rings. The lowest BCUT2D eigenvalue weighted by molar-refractivity contribution is -0.120. The highest BCUT2D eigenvalue weighted by atomic mass is 35.5.